The molecule has 1 fully saturated rings. The first-order valence-corrected chi connectivity index (χ1v) is 12.4. The maximum Gasteiger partial charge on any atom is 0.265 e. The molecule has 0 unspecified atom stereocenters. The number of aryl methyl sites for hydroxylation is 1. The van der Waals surface area contributed by atoms with Crippen molar-refractivity contribution in [2.75, 3.05) is 18.4 Å². The molecule has 2 amide bonds. The van der Waals surface area contributed by atoms with Crippen molar-refractivity contribution in [1.82, 2.24) is 9.62 Å². The number of hydrogen-bond acceptors (Lipinski definition) is 5. The molecule has 8 nitrogen and oxygen atoms in total. The van der Waals surface area contributed by atoms with Gasteiger partial charge in [0.15, 0.2) is 6.10 Å². The van der Waals surface area contributed by atoms with Gasteiger partial charge < -0.3 is 15.4 Å². The van der Waals surface area contributed by atoms with Crippen LogP contribution in [0.25, 0.3) is 0 Å². The van der Waals surface area contributed by atoms with E-state index in [4.69, 9.17) is 4.74 Å². The molecular weight excluding hydrogens is 418 g/mol. The molecule has 3 rings (SSSR count). The van der Waals surface area contributed by atoms with Gasteiger partial charge in [0.25, 0.3) is 5.91 Å². The predicted octanol–water partition coefficient (Wildman–Crippen LogP) is 2.81. The first kappa shape index (κ1) is 23.5. The second-order valence-corrected chi connectivity index (χ2v) is 11.0. The van der Waals surface area contributed by atoms with E-state index < -0.39 is 16.1 Å². The summed E-state index contributed by atoms with van der Waals surface area (Å²) in [6.07, 6.45) is 1.91. The molecule has 0 radical (unpaired) electrons. The van der Waals surface area contributed by atoms with E-state index in [0.29, 0.717) is 42.8 Å². The molecule has 0 aliphatic carbocycles. The Balaban J connectivity index is 1.84. The number of carbonyl (C=O) groups is 2. The van der Waals surface area contributed by atoms with Crippen molar-refractivity contribution in [1.29, 1.82) is 0 Å². The molecular formula is C22H33N3O5S. The average molecular weight is 452 g/mol. The maximum absolute atomic E-state index is 13.5. The molecule has 2 N–H and O–H groups in total. The van der Waals surface area contributed by atoms with E-state index in [1.54, 1.807) is 13.0 Å². The lowest BCUT2D eigenvalue weighted by Crippen LogP contribution is -2.50. The minimum absolute atomic E-state index is 0.106. The van der Waals surface area contributed by atoms with E-state index in [2.05, 4.69) is 10.6 Å². The Kier molecular flexibility index (Phi) is 6.67. The van der Waals surface area contributed by atoms with Crippen LogP contribution in [0, 0.1) is 12.8 Å². The highest BCUT2D eigenvalue weighted by Crippen LogP contribution is 2.36. The van der Waals surface area contributed by atoms with Crippen LogP contribution in [0.4, 0.5) is 5.69 Å². The molecule has 0 aromatic heterocycles. The van der Waals surface area contributed by atoms with E-state index in [1.165, 1.54) is 10.4 Å². The Morgan fingerprint density at radius 3 is 2.68 bits per heavy atom. The number of hydrogen-bond donors (Lipinski definition) is 2. The van der Waals surface area contributed by atoms with Gasteiger partial charge in [0.05, 0.1) is 16.5 Å². The lowest BCUT2D eigenvalue weighted by atomic mass is 9.95. The standard InChI is InChI=1S/C22H33N3O5S/c1-6-17-21(27)23-16-11-14(3)19(12-18(16)30-17)31(28,29)25-10-8-9-15(13-25)20(26)24-22(4,5)7-2/h11-12,15,17H,6-10,13H2,1-5H3,(H,23,27)(H,24,26)/t15-,17+/m0/s1. The van der Waals surface area contributed by atoms with Crippen LogP contribution in [0.5, 0.6) is 5.75 Å². The Hall–Kier alpha value is -2.13. The van der Waals surface area contributed by atoms with Crippen molar-refractivity contribution in [2.24, 2.45) is 5.92 Å². The number of sulfonamides is 1. The molecule has 1 aromatic rings. The minimum atomic E-state index is -3.82. The zero-order chi connectivity index (χ0) is 23.0. The lowest BCUT2D eigenvalue weighted by molar-refractivity contribution is -0.127. The number of amides is 2. The zero-order valence-electron chi connectivity index (χ0n) is 18.9. The summed E-state index contributed by atoms with van der Waals surface area (Å²) in [5, 5.41) is 5.82. The average Bonchev–Trinajstić information content (AvgIpc) is 2.72. The highest BCUT2D eigenvalue weighted by Gasteiger charge is 2.36. The Bertz CT molecular complexity index is 974. The molecule has 0 spiro atoms. The second kappa shape index (κ2) is 8.78. The molecule has 2 heterocycles. The largest absolute Gasteiger partial charge is 0.478 e. The van der Waals surface area contributed by atoms with Crippen LogP contribution >= 0.6 is 0 Å². The number of ether oxygens (including phenoxy) is 1. The fraction of sp³-hybridized carbons (Fsp3) is 0.636. The third-order valence-corrected chi connectivity index (χ3v) is 8.19. The molecule has 2 aliphatic heterocycles. The van der Waals surface area contributed by atoms with Gasteiger partial charge in [0.1, 0.15) is 5.75 Å². The van der Waals surface area contributed by atoms with Crippen molar-refractivity contribution < 1.29 is 22.7 Å². The zero-order valence-corrected chi connectivity index (χ0v) is 19.8. The number of fused-ring (bicyclic) bond motifs is 1. The highest BCUT2D eigenvalue weighted by molar-refractivity contribution is 7.89. The van der Waals surface area contributed by atoms with E-state index in [1.807, 2.05) is 27.7 Å². The first-order chi connectivity index (χ1) is 14.5. The Morgan fingerprint density at radius 2 is 2.03 bits per heavy atom. The molecule has 172 valence electrons. The maximum atomic E-state index is 13.5. The summed E-state index contributed by atoms with van der Waals surface area (Å²) in [6, 6.07) is 3.12. The topological polar surface area (TPSA) is 105 Å². The molecule has 2 aliphatic rings. The summed E-state index contributed by atoms with van der Waals surface area (Å²) >= 11 is 0. The minimum Gasteiger partial charge on any atom is -0.478 e. The molecule has 31 heavy (non-hydrogen) atoms. The lowest BCUT2D eigenvalue weighted by Gasteiger charge is -2.34. The van der Waals surface area contributed by atoms with Gasteiger partial charge in [-0.1, -0.05) is 13.8 Å². The smallest absolute Gasteiger partial charge is 0.265 e. The van der Waals surface area contributed by atoms with Gasteiger partial charge in [0, 0.05) is 24.7 Å². The van der Waals surface area contributed by atoms with Crippen LogP contribution in [-0.4, -0.2) is 49.3 Å². The second-order valence-electron chi connectivity index (χ2n) is 9.05. The number of nitrogens with zero attached hydrogens (tertiary/aromatic N) is 1. The number of nitrogens with one attached hydrogen (secondary N) is 2. The Morgan fingerprint density at radius 1 is 1.32 bits per heavy atom. The van der Waals surface area contributed by atoms with Gasteiger partial charge in [-0.15, -0.1) is 0 Å². The van der Waals surface area contributed by atoms with Gasteiger partial charge in [-0.3, -0.25) is 9.59 Å². The molecule has 9 heteroatoms. The number of anilines is 1. The quantitative estimate of drug-likeness (QED) is 0.692. The summed E-state index contributed by atoms with van der Waals surface area (Å²) in [5.74, 6) is -0.366. The summed E-state index contributed by atoms with van der Waals surface area (Å²) in [6.45, 7) is 9.98. The van der Waals surface area contributed by atoms with Gasteiger partial charge in [-0.2, -0.15) is 4.31 Å². The molecule has 0 bridgehead atoms. The summed E-state index contributed by atoms with van der Waals surface area (Å²) in [7, 11) is -3.82. The van der Waals surface area contributed by atoms with E-state index in [-0.39, 0.29) is 34.7 Å². The molecule has 0 saturated carbocycles. The van der Waals surface area contributed by atoms with Crippen LogP contribution in [-0.2, 0) is 19.6 Å². The van der Waals surface area contributed by atoms with Gasteiger partial charge in [-0.25, -0.2) is 8.42 Å². The summed E-state index contributed by atoms with van der Waals surface area (Å²) in [5.41, 5.74) is 0.672. The predicted molar refractivity (Wildman–Crippen MR) is 119 cm³/mol. The fourth-order valence-electron chi connectivity index (χ4n) is 3.87. The van der Waals surface area contributed by atoms with Crippen molar-refractivity contribution in [3.8, 4) is 5.75 Å². The third-order valence-electron chi connectivity index (χ3n) is 6.19. The number of rotatable bonds is 6. The van der Waals surface area contributed by atoms with Gasteiger partial charge >= 0.3 is 0 Å². The van der Waals surface area contributed by atoms with Crippen LogP contribution < -0.4 is 15.4 Å². The van der Waals surface area contributed by atoms with Crippen molar-refractivity contribution in [3.05, 3.63) is 17.7 Å². The van der Waals surface area contributed by atoms with Crippen LogP contribution in [0.15, 0.2) is 17.0 Å². The third kappa shape index (κ3) is 4.87. The summed E-state index contributed by atoms with van der Waals surface area (Å²) in [4.78, 5) is 24.9. The SMILES string of the molecule is CC[C@H]1Oc2cc(S(=O)(=O)N3CCC[C@H](C(=O)NC(C)(C)CC)C3)c(C)cc2NC1=O. The Labute approximate surface area is 184 Å². The monoisotopic (exact) mass is 451 g/mol. The van der Waals surface area contributed by atoms with Crippen LogP contribution in [0.2, 0.25) is 0 Å². The summed E-state index contributed by atoms with van der Waals surface area (Å²) < 4.78 is 34.1. The van der Waals surface area contributed by atoms with Crippen LogP contribution in [0.1, 0.15) is 58.9 Å². The van der Waals surface area contributed by atoms with E-state index >= 15 is 0 Å². The molecule has 1 saturated heterocycles. The van der Waals surface area contributed by atoms with E-state index in [0.717, 1.165) is 6.42 Å². The van der Waals surface area contributed by atoms with Crippen molar-refractivity contribution >= 4 is 27.5 Å². The van der Waals surface area contributed by atoms with Crippen molar-refractivity contribution in [3.63, 3.8) is 0 Å². The molecule has 1 aromatic carbocycles. The number of benzene rings is 1. The van der Waals surface area contributed by atoms with Crippen molar-refractivity contribution in [2.45, 2.75) is 76.8 Å². The molecule has 2 atom stereocenters. The first-order valence-electron chi connectivity index (χ1n) is 10.9. The fourth-order valence-corrected chi connectivity index (χ4v) is 5.61. The van der Waals surface area contributed by atoms with E-state index in [9.17, 15) is 18.0 Å². The van der Waals surface area contributed by atoms with Gasteiger partial charge in [0.2, 0.25) is 15.9 Å². The van der Waals surface area contributed by atoms with Crippen LogP contribution in [0.3, 0.4) is 0 Å². The number of piperidine rings is 1. The normalized spacial score (nSPS) is 22.3. The highest BCUT2D eigenvalue weighted by atomic mass is 32.2. The number of carbonyl (C=O) groups excluding carboxylic acids is 2. The van der Waals surface area contributed by atoms with Gasteiger partial charge in [-0.05, 0) is 58.1 Å².